The zero-order chi connectivity index (χ0) is 25.2. The normalized spacial score (nSPS) is 12.3. The molecule has 0 bridgehead atoms. The molecule has 1 aromatic carbocycles. The van der Waals surface area contributed by atoms with Gasteiger partial charge in [-0.1, -0.05) is 44.7 Å². The Morgan fingerprint density at radius 2 is 1.86 bits per heavy atom. The van der Waals surface area contributed by atoms with E-state index in [1.165, 1.54) is 0 Å². The molecule has 3 N–H and O–H groups in total. The van der Waals surface area contributed by atoms with Gasteiger partial charge in [-0.25, -0.2) is 0 Å². The first-order chi connectivity index (χ1) is 17.5. The van der Waals surface area contributed by atoms with Crippen LogP contribution in [0.15, 0.2) is 85.5 Å². The SMILES string of the molecule is C=C(Nc1cncc(-c2ccc3[nH]nc(-c4cc5c(C(/C=C\C)=C/C)nccc5[nH]4)c3c2)c1)C(C)C. The van der Waals surface area contributed by atoms with Crippen LogP contribution in [0.5, 0.6) is 0 Å². The summed E-state index contributed by atoms with van der Waals surface area (Å²) < 4.78 is 0. The molecule has 0 saturated carbocycles. The maximum Gasteiger partial charge on any atom is 0.116 e. The largest absolute Gasteiger partial charge is 0.358 e. The van der Waals surface area contributed by atoms with Crippen LogP contribution in [0.25, 0.3) is 49.9 Å². The Morgan fingerprint density at radius 1 is 1.00 bits per heavy atom. The third-order valence-corrected chi connectivity index (χ3v) is 6.37. The summed E-state index contributed by atoms with van der Waals surface area (Å²) in [7, 11) is 0. The number of rotatable bonds is 7. The van der Waals surface area contributed by atoms with Gasteiger partial charge in [-0.05, 0) is 61.2 Å². The van der Waals surface area contributed by atoms with Crippen LogP contribution in [0.1, 0.15) is 33.4 Å². The Balaban J connectivity index is 1.57. The molecule has 180 valence electrons. The van der Waals surface area contributed by atoms with Gasteiger partial charge in [0.1, 0.15) is 5.69 Å². The first-order valence-corrected chi connectivity index (χ1v) is 12.1. The lowest BCUT2D eigenvalue weighted by atomic mass is 10.0. The van der Waals surface area contributed by atoms with Crippen LogP contribution in [0.3, 0.4) is 0 Å². The lowest BCUT2D eigenvalue weighted by Crippen LogP contribution is -2.04. The van der Waals surface area contributed by atoms with Crippen molar-refractivity contribution in [3.63, 3.8) is 0 Å². The summed E-state index contributed by atoms with van der Waals surface area (Å²) >= 11 is 0. The van der Waals surface area contributed by atoms with Crippen molar-refractivity contribution in [3.05, 3.63) is 91.2 Å². The van der Waals surface area contributed by atoms with Gasteiger partial charge in [0.25, 0.3) is 0 Å². The zero-order valence-corrected chi connectivity index (χ0v) is 21.1. The number of benzene rings is 1. The lowest BCUT2D eigenvalue weighted by molar-refractivity contribution is 0.778. The maximum absolute atomic E-state index is 4.66. The van der Waals surface area contributed by atoms with E-state index in [9.17, 15) is 0 Å². The molecule has 0 fully saturated rings. The fraction of sp³-hybridized carbons (Fsp3) is 0.167. The highest BCUT2D eigenvalue weighted by Gasteiger charge is 2.15. The molecule has 4 aromatic heterocycles. The summed E-state index contributed by atoms with van der Waals surface area (Å²) in [6.07, 6.45) is 11.7. The lowest BCUT2D eigenvalue weighted by Gasteiger charge is -2.13. The van der Waals surface area contributed by atoms with E-state index >= 15 is 0 Å². The number of aromatic nitrogens is 5. The van der Waals surface area contributed by atoms with Crippen molar-refractivity contribution in [3.8, 4) is 22.5 Å². The van der Waals surface area contributed by atoms with Crippen LogP contribution in [-0.4, -0.2) is 25.1 Å². The summed E-state index contributed by atoms with van der Waals surface area (Å²) in [5.74, 6) is 0.340. The Hall–Kier alpha value is -4.45. The molecular weight excluding hydrogens is 444 g/mol. The maximum atomic E-state index is 4.66. The van der Waals surface area contributed by atoms with Crippen molar-refractivity contribution < 1.29 is 0 Å². The topological polar surface area (TPSA) is 82.3 Å². The second-order valence-corrected chi connectivity index (χ2v) is 9.15. The molecule has 36 heavy (non-hydrogen) atoms. The van der Waals surface area contributed by atoms with E-state index in [4.69, 9.17) is 0 Å². The van der Waals surface area contributed by atoms with Crippen molar-refractivity contribution in [2.45, 2.75) is 27.7 Å². The minimum Gasteiger partial charge on any atom is -0.358 e. The molecule has 5 aromatic rings. The van der Waals surface area contributed by atoms with Gasteiger partial charge in [-0.3, -0.25) is 15.1 Å². The molecule has 0 amide bonds. The van der Waals surface area contributed by atoms with E-state index in [0.717, 1.165) is 67.0 Å². The van der Waals surface area contributed by atoms with E-state index in [1.807, 2.05) is 44.6 Å². The van der Waals surface area contributed by atoms with Gasteiger partial charge in [0.05, 0.1) is 28.8 Å². The molecule has 0 radical (unpaired) electrons. The van der Waals surface area contributed by atoms with Crippen LogP contribution in [-0.2, 0) is 0 Å². The average Bonchev–Trinajstić information content (AvgIpc) is 3.51. The second kappa shape index (κ2) is 9.66. The van der Waals surface area contributed by atoms with E-state index in [2.05, 4.69) is 93.4 Å². The molecule has 6 heteroatoms. The molecule has 0 unspecified atom stereocenters. The number of anilines is 1. The predicted octanol–water partition coefficient (Wildman–Crippen LogP) is 7.73. The molecule has 0 aliphatic rings. The zero-order valence-electron chi connectivity index (χ0n) is 21.1. The van der Waals surface area contributed by atoms with Gasteiger partial charge in [0, 0.05) is 39.9 Å². The van der Waals surface area contributed by atoms with Gasteiger partial charge < -0.3 is 10.3 Å². The number of aromatic amines is 2. The first kappa shape index (κ1) is 23.3. The molecule has 0 saturated heterocycles. The van der Waals surface area contributed by atoms with Crippen LogP contribution in [0.2, 0.25) is 0 Å². The highest BCUT2D eigenvalue weighted by molar-refractivity contribution is 6.00. The number of allylic oxidation sites excluding steroid dienone is 5. The minimum absolute atomic E-state index is 0.340. The molecule has 0 spiro atoms. The highest BCUT2D eigenvalue weighted by atomic mass is 15.1. The fourth-order valence-corrected chi connectivity index (χ4v) is 4.30. The van der Waals surface area contributed by atoms with Crippen LogP contribution < -0.4 is 5.32 Å². The highest BCUT2D eigenvalue weighted by Crippen LogP contribution is 2.34. The number of pyridine rings is 2. The van der Waals surface area contributed by atoms with Crippen molar-refractivity contribution >= 4 is 33.1 Å². The Labute approximate surface area is 210 Å². The fourth-order valence-electron chi connectivity index (χ4n) is 4.30. The number of nitrogens with zero attached hydrogens (tertiary/aromatic N) is 3. The Morgan fingerprint density at radius 3 is 2.64 bits per heavy atom. The van der Waals surface area contributed by atoms with Gasteiger partial charge in [-0.2, -0.15) is 5.10 Å². The van der Waals surface area contributed by atoms with Crippen molar-refractivity contribution in [2.24, 2.45) is 5.92 Å². The predicted molar refractivity (Wildman–Crippen MR) is 150 cm³/mol. The van der Waals surface area contributed by atoms with Crippen LogP contribution in [0.4, 0.5) is 5.69 Å². The van der Waals surface area contributed by atoms with E-state index in [-0.39, 0.29) is 0 Å². The molecule has 0 atom stereocenters. The molecule has 6 nitrogen and oxygen atoms in total. The number of hydrogen-bond acceptors (Lipinski definition) is 4. The van der Waals surface area contributed by atoms with Crippen molar-refractivity contribution in [1.29, 1.82) is 0 Å². The standard InChI is InChI=1S/C30H30N6/c1-6-8-20(7-2)29-25-15-28(34-26(25)11-12-32-29)30-24-14-21(9-10-27(24)35-36-30)22-13-23(17-31-16-22)33-19(5)18(3)4/h6-18,33-34H,5H2,1-4H3,(H,35,36)/b8-6-,20-7+. The minimum atomic E-state index is 0.340. The monoisotopic (exact) mass is 474 g/mol. The quantitative estimate of drug-likeness (QED) is 0.211. The van der Waals surface area contributed by atoms with Crippen LogP contribution in [0, 0.1) is 5.92 Å². The molecule has 4 heterocycles. The third kappa shape index (κ3) is 4.33. The smallest absolute Gasteiger partial charge is 0.116 e. The van der Waals surface area contributed by atoms with Gasteiger partial charge >= 0.3 is 0 Å². The second-order valence-electron chi connectivity index (χ2n) is 9.15. The van der Waals surface area contributed by atoms with Gasteiger partial charge in [-0.15, -0.1) is 0 Å². The summed E-state index contributed by atoms with van der Waals surface area (Å²) in [5.41, 5.74) is 9.84. The molecule has 0 aliphatic heterocycles. The number of hydrogen-bond donors (Lipinski definition) is 3. The average molecular weight is 475 g/mol. The summed E-state index contributed by atoms with van der Waals surface area (Å²) in [5, 5.41) is 13.3. The first-order valence-electron chi connectivity index (χ1n) is 12.1. The number of fused-ring (bicyclic) bond motifs is 2. The van der Waals surface area contributed by atoms with E-state index < -0.39 is 0 Å². The molecule has 5 rings (SSSR count). The summed E-state index contributed by atoms with van der Waals surface area (Å²) in [4.78, 5) is 12.7. The van der Waals surface area contributed by atoms with E-state index in [0.29, 0.717) is 5.92 Å². The van der Waals surface area contributed by atoms with Crippen LogP contribution >= 0.6 is 0 Å². The van der Waals surface area contributed by atoms with Gasteiger partial charge in [0.2, 0.25) is 0 Å². The Bertz CT molecular complexity index is 1630. The summed E-state index contributed by atoms with van der Waals surface area (Å²) in [6.45, 7) is 12.4. The molecular formula is C30H30N6. The Kier molecular flexibility index (Phi) is 6.25. The van der Waals surface area contributed by atoms with E-state index in [1.54, 1.807) is 0 Å². The number of nitrogens with one attached hydrogen (secondary N) is 3. The van der Waals surface area contributed by atoms with Crippen molar-refractivity contribution in [1.82, 2.24) is 25.1 Å². The summed E-state index contributed by atoms with van der Waals surface area (Å²) in [6, 6.07) is 12.5. The third-order valence-electron chi connectivity index (χ3n) is 6.37. The number of H-pyrrole nitrogens is 2. The van der Waals surface area contributed by atoms with Gasteiger partial charge in [0.15, 0.2) is 0 Å². The molecule has 0 aliphatic carbocycles. The van der Waals surface area contributed by atoms with Crippen molar-refractivity contribution in [2.75, 3.05) is 5.32 Å².